The zero-order valence-electron chi connectivity index (χ0n) is 11.2. The molecule has 0 saturated carbocycles. The molecule has 0 bridgehead atoms. The van der Waals surface area contributed by atoms with Gasteiger partial charge in [0.05, 0.1) is 11.1 Å². The Bertz CT molecular complexity index is 526. The minimum Gasteiger partial charge on any atom is -0.493 e. The van der Waals surface area contributed by atoms with Gasteiger partial charge >= 0.3 is 0 Å². The Labute approximate surface area is 107 Å². The number of aromatic nitrogens is 2. The molecule has 0 unspecified atom stereocenters. The highest BCUT2D eigenvalue weighted by Gasteiger charge is 2.20. The Morgan fingerprint density at radius 2 is 2.17 bits per heavy atom. The van der Waals surface area contributed by atoms with Gasteiger partial charge in [0.2, 0.25) is 5.88 Å². The SMILES string of the molecule is C#CC(C)(C)N(C)CCc1nc(O)c(C)c(=O)[nH]1. The molecule has 0 atom stereocenters. The molecule has 1 heterocycles. The van der Waals surface area contributed by atoms with Crippen molar-refractivity contribution in [2.75, 3.05) is 13.6 Å². The van der Waals surface area contributed by atoms with Gasteiger partial charge in [0, 0.05) is 13.0 Å². The van der Waals surface area contributed by atoms with Gasteiger partial charge in [0.1, 0.15) is 5.82 Å². The van der Waals surface area contributed by atoms with E-state index in [2.05, 4.69) is 15.9 Å². The third-order valence-corrected chi connectivity index (χ3v) is 3.17. The molecule has 1 aromatic rings. The van der Waals surface area contributed by atoms with Gasteiger partial charge in [-0.3, -0.25) is 9.69 Å². The summed E-state index contributed by atoms with van der Waals surface area (Å²) < 4.78 is 0. The summed E-state index contributed by atoms with van der Waals surface area (Å²) in [6.45, 7) is 6.05. The van der Waals surface area contributed by atoms with Crippen LogP contribution in [0.25, 0.3) is 0 Å². The summed E-state index contributed by atoms with van der Waals surface area (Å²) in [5, 5.41) is 9.48. The Morgan fingerprint density at radius 3 is 2.67 bits per heavy atom. The molecule has 0 aliphatic carbocycles. The smallest absolute Gasteiger partial charge is 0.257 e. The zero-order chi connectivity index (χ0) is 13.9. The second-order valence-corrected chi connectivity index (χ2v) is 4.84. The van der Waals surface area contributed by atoms with Crippen molar-refractivity contribution in [1.29, 1.82) is 0 Å². The molecule has 0 aliphatic rings. The van der Waals surface area contributed by atoms with Gasteiger partial charge in [0.25, 0.3) is 5.56 Å². The molecule has 0 aromatic carbocycles. The number of aromatic amines is 1. The lowest BCUT2D eigenvalue weighted by Crippen LogP contribution is -2.41. The number of hydrogen-bond donors (Lipinski definition) is 2. The zero-order valence-corrected chi connectivity index (χ0v) is 11.2. The van der Waals surface area contributed by atoms with Crippen LogP contribution in [0.1, 0.15) is 25.2 Å². The van der Waals surface area contributed by atoms with Crippen LogP contribution in [0.2, 0.25) is 0 Å². The topological polar surface area (TPSA) is 69.2 Å². The predicted octanol–water partition coefficient (Wildman–Crippen LogP) is 0.670. The highest BCUT2D eigenvalue weighted by atomic mass is 16.3. The van der Waals surface area contributed by atoms with E-state index < -0.39 is 0 Å². The van der Waals surface area contributed by atoms with E-state index in [1.807, 2.05) is 25.8 Å². The summed E-state index contributed by atoms with van der Waals surface area (Å²) in [6, 6.07) is 0. The number of terminal acetylenes is 1. The molecule has 0 radical (unpaired) electrons. The predicted molar refractivity (Wildman–Crippen MR) is 70.5 cm³/mol. The standard InChI is InChI=1S/C13H19N3O2/c1-6-13(3,4)16(5)8-7-10-14-11(17)9(2)12(18)15-10/h1H,7-8H2,2-5H3,(H2,14,15,17,18). The molecule has 18 heavy (non-hydrogen) atoms. The first kappa shape index (κ1) is 14.3. The number of nitrogens with zero attached hydrogens (tertiary/aromatic N) is 2. The van der Waals surface area contributed by atoms with Crippen LogP contribution in [0.3, 0.4) is 0 Å². The van der Waals surface area contributed by atoms with Crippen LogP contribution >= 0.6 is 0 Å². The van der Waals surface area contributed by atoms with Crippen LogP contribution in [0, 0.1) is 19.3 Å². The van der Waals surface area contributed by atoms with Crippen LogP contribution in [-0.2, 0) is 6.42 Å². The Kier molecular flexibility index (Phi) is 4.15. The average molecular weight is 249 g/mol. The van der Waals surface area contributed by atoms with E-state index in [9.17, 15) is 9.90 Å². The summed E-state index contributed by atoms with van der Waals surface area (Å²) in [4.78, 5) is 20.0. The number of likely N-dealkylation sites (N-methyl/N-ethyl adjacent to an activating group) is 1. The fraction of sp³-hybridized carbons (Fsp3) is 0.538. The number of H-pyrrole nitrogens is 1. The summed E-state index contributed by atoms with van der Waals surface area (Å²) in [5.74, 6) is 2.94. The van der Waals surface area contributed by atoms with E-state index in [1.54, 1.807) is 0 Å². The van der Waals surface area contributed by atoms with Crippen LogP contribution in [0.5, 0.6) is 5.88 Å². The molecule has 0 aliphatic heterocycles. The second-order valence-electron chi connectivity index (χ2n) is 4.84. The summed E-state index contributed by atoms with van der Waals surface area (Å²) >= 11 is 0. The normalized spacial score (nSPS) is 11.6. The van der Waals surface area contributed by atoms with Crippen molar-refractivity contribution in [3.8, 4) is 18.2 Å². The molecule has 1 aromatic heterocycles. The fourth-order valence-corrected chi connectivity index (χ4v) is 1.35. The minimum absolute atomic E-state index is 0.215. The highest BCUT2D eigenvalue weighted by molar-refractivity contribution is 5.20. The van der Waals surface area contributed by atoms with Crippen molar-refractivity contribution in [1.82, 2.24) is 14.9 Å². The molecule has 0 spiro atoms. The van der Waals surface area contributed by atoms with E-state index in [0.717, 1.165) is 0 Å². The molecule has 0 fully saturated rings. The van der Waals surface area contributed by atoms with Crippen LogP contribution in [0.4, 0.5) is 0 Å². The Balaban J connectivity index is 2.77. The molecular weight excluding hydrogens is 230 g/mol. The van der Waals surface area contributed by atoms with Gasteiger partial charge in [-0.05, 0) is 27.8 Å². The molecule has 5 heteroatoms. The van der Waals surface area contributed by atoms with Crippen molar-refractivity contribution in [3.63, 3.8) is 0 Å². The quantitative estimate of drug-likeness (QED) is 0.770. The number of rotatable bonds is 4. The maximum atomic E-state index is 11.5. The van der Waals surface area contributed by atoms with Gasteiger partial charge in [-0.1, -0.05) is 5.92 Å². The lowest BCUT2D eigenvalue weighted by molar-refractivity contribution is 0.215. The van der Waals surface area contributed by atoms with Gasteiger partial charge in [0.15, 0.2) is 0 Å². The fourth-order valence-electron chi connectivity index (χ4n) is 1.35. The highest BCUT2D eigenvalue weighted by Crippen LogP contribution is 2.11. The molecule has 5 nitrogen and oxygen atoms in total. The summed E-state index contributed by atoms with van der Waals surface area (Å²) in [5.41, 5.74) is -0.431. The third kappa shape index (κ3) is 3.11. The van der Waals surface area contributed by atoms with Gasteiger partial charge in [-0.25, -0.2) is 4.98 Å². The van der Waals surface area contributed by atoms with E-state index in [1.165, 1.54) is 6.92 Å². The van der Waals surface area contributed by atoms with Crippen molar-refractivity contribution in [3.05, 3.63) is 21.7 Å². The third-order valence-electron chi connectivity index (χ3n) is 3.17. The molecule has 2 N–H and O–H groups in total. The van der Waals surface area contributed by atoms with Gasteiger partial charge in [-0.15, -0.1) is 6.42 Å². The van der Waals surface area contributed by atoms with Crippen LogP contribution < -0.4 is 5.56 Å². The van der Waals surface area contributed by atoms with Gasteiger partial charge in [-0.2, -0.15) is 0 Å². The lowest BCUT2D eigenvalue weighted by Gasteiger charge is -2.30. The maximum Gasteiger partial charge on any atom is 0.257 e. The molecule has 1 rings (SSSR count). The Hall–Kier alpha value is -1.80. The first-order valence-corrected chi connectivity index (χ1v) is 5.75. The number of aromatic hydroxyl groups is 1. The number of hydrogen-bond acceptors (Lipinski definition) is 4. The van der Waals surface area contributed by atoms with Crippen molar-refractivity contribution in [2.24, 2.45) is 0 Å². The Morgan fingerprint density at radius 1 is 1.56 bits per heavy atom. The monoisotopic (exact) mass is 249 g/mol. The van der Waals surface area contributed by atoms with E-state index in [-0.39, 0.29) is 22.5 Å². The maximum absolute atomic E-state index is 11.5. The average Bonchev–Trinajstić information content (AvgIpc) is 2.32. The molecular formula is C13H19N3O2. The van der Waals surface area contributed by atoms with Crippen LogP contribution in [-0.4, -0.2) is 39.1 Å². The van der Waals surface area contributed by atoms with Crippen molar-refractivity contribution < 1.29 is 5.11 Å². The van der Waals surface area contributed by atoms with E-state index in [4.69, 9.17) is 6.42 Å². The molecule has 98 valence electrons. The molecule has 0 amide bonds. The van der Waals surface area contributed by atoms with E-state index >= 15 is 0 Å². The largest absolute Gasteiger partial charge is 0.493 e. The summed E-state index contributed by atoms with van der Waals surface area (Å²) in [6.07, 6.45) is 5.96. The first-order chi connectivity index (χ1) is 8.27. The lowest BCUT2D eigenvalue weighted by atomic mass is 10.1. The van der Waals surface area contributed by atoms with E-state index in [0.29, 0.717) is 18.8 Å². The van der Waals surface area contributed by atoms with Crippen molar-refractivity contribution in [2.45, 2.75) is 32.7 Å². The summed E-state index contributed by atoms with van der Waals surface area (Å²) in [7, 11) is 1.91. The van der Waals surface area contributed by atoms with Crippen molar-refractivity contribution >= 4 is 0 Å². The first-order valence-electron chi connectivity index (χ1n) is 5.75. The van der Waals surface area contributed by atoms with Gasteiger partial charge < -0.3 is 10.1 Å². The second kappa shape index (κ2) is 5.23. The molecule has 0 saturated heterocycles. The van der Waals surface area contributed by atoms with Crippen LogP contribution in [0.15, 0.2) is 4.79 Å². The number of nitrogens with one attached hydrogen (secondary N) is 1. The minimum atomic E-state index is -0.354.